The predicted molar refractivity (Wildman–Crippen MR) is 122 cm³/mol. The van der Waals surface area contributed by atoms with Crippen molar-refractivity contribution >= 4 is 28.1 Å². The summed E-state index contributed by atoms with van der Waals surface area (Å²) in [5.74, 6) is -0.122. The van der Waals surface area contributed by atoms with E-state index in [0.29, 0.717) is 27.8 Å². The molecule has 1 amide bonds. The maximum Gasteiger partial charge on any atom is 0.274 e. The molecule has 1 aromatic heterocycles. The molecule has 4 rings (SSSR count). The molecule has 32 heavy (non-hydrogen) atoms. The normalized spacial score (nSPS) is 11.4. The van der Waals surface area contributed by atoms with Crippen LogP contribution >= 0.6 is 11.3 Å². The van der Waals surface area contributed by atoms with E-state index in [1.54, 1.807) is 43.3 Å². The van der Waals surface area contributed by atoms with E-state index in [2.05, 4.69) is 11.1 Å². The standard InChI is InChI=1S/C25H18FN3O2S/c1-17(31-22-13-7-18(15-27)8-14-22)24(30)29(21-5-3-2-4-6-21)25-28-23(16-32-25)19-9-11-20(26)12-10-19/h2-14,16-17H,1H3. The fourth-order valence-corrected chi connectivity index (χ4v) is 3.93. The number of halogens is 1. The number of hydrogen-bond donors (Lipinski definition) is 0. The van der Waals surface area contributed by atoms with Gasteiger partial charge in [-0.2, -0.15) is 5.26 Å². The number of para-hydroxylation sites is 1. The number of rotatable bonds is 6. The summed E-state index contributed by atoms with van der Waals surface area (Å²) >= 11 is 1.32. The van der Waals surface area contributed by atoms with Crippen LogP contribution in [0.15, 0.2) is 84.2 Å². The molecule has 0 saturated heterocycles. The molecule has 0 aliphatic carbocycles. The molecular formula is C25H18FN3O2S. The van der Waals surface area contributed by atoms with Gasteiger partial charge >= 0.3 is 0 Å². The van der Waals surface area contributed by atoms with Crippen molar-refractivity contribution in [3.05, 3.63) is 95.6 Å². The Kier molecular flexibility index (Phi) is 6.24. The number of anilines is 2. The Hall–Kier alpha value is -4.02. The van der Waals surface area contributed by atoms with E-state index in [-0.39, 0.29) is 11.7 Å². The molecule has 4 aromatic rings. The van der Waals surface area contributed by atoms with Gasteiger partial charge in [-0.1, -0.05) is 18.2 Å². The smallest absolute Gasteiger partial charge is 0.274 e. The lowest BCUT2D eigenvalue weighted by Gasteiger charge is -2.24. The summed E-state index contributed by atoms with van der Waals surface area (Å²) in [5, 5.41) is 11.3. The van der Waals surface area contributed by atoms with Crippen molar-refractivity contribution < 1.29 is 13.9 Å². The third-order valence-corrected chi connectivity index (χ3v) is 5.53. The van der Waals surface area contributed by atoms with Gasteiger partial charge in [0.1, 0.15) is 11.6 Å². The number of hydrogen-bond acceptors (Lipinski definition) is 5. The third kappa shape index (κ3) is 4.66. The number of nitrogens with zero attached hydrogens (tertiary/aromatic N) is 3. The Balaban J connectivity index is 1.63. The van der Waals surface area contributed by atoms with E-state index < -0.39 is 6.10 Å². The van der Waals surface area contributed by atoms with Gasteiger partial charge in [-0.05, 0) is 67.6 Å². The Bertz CT molecular complexity index is 1250. The summed E-state index contributed by atoms with van der Waals surface area (Å²) in [6, 6.07) is 23.9. The second kappa shape index (κ2) is 9.41. The van der Waals surface area contributed by atoms with Crippen molar-refractivity contribution in [2.45, 2.75) is 13.0 Å². The predicted octanol–water partition coefficient (Wildman–Crippen LogP) is 5.95. The monoisotopic (exact) mass is 443 g/mol. The highest BCUT2D eigenvalue weighted by Crippen LogP contribution is 2.33. The van der Waals surface area contributed by atoms with Gasteiger partial charge in [-0.25, -0.2) is 9.37 Å². The minimum atomic E-state index is -0.804. The van der Waals surface area contributed by atoms with Crippen molar-refractivity contribution in [1.82, 2.24) is 4.98 Å². The minimum Gasteiger partial charge on any atom is -0.481 e. The van der Waals surface area contributed by atoms with Gasteiger partial charge in [0, 0.05) is 10.9 Å². The highest BCUT2D eigenvalue weighted by Gasteiger charge is 2.27. The Labute approximate surface area is 189 Å². The van der Waals surface area contributed by atoms with E-state index in [1.165, 1.54) is 28.4 Å². The summed E-state index contributed by atoms with van der Waals surface area (Å²) in [4.78, 5) is 19.6. The molecule has 1 unspecified atom stereocenters. The van der Waals surface area contributed by atoms with Gasteiger partial charge in [0.05, 0.1) is 23.0 Å². The Morgan fingerprint density at radius 3 is 2.41 bits per heavy atom. The van der Waals surface area contributed by atoms with Crippen LogP contribution in [0.3, 0.4) is 0 Å². The molecule has 1 atom stereocenters. The Morgan fingerprint density at radius 1 is 1.06 bits per heavy atom. The van der Waals surface area contributed by atoms with Crippen LogP contribution < -0.4 is 9.64 Å². The van der Waals surface area contributed by atoms with E-state index in [1.807, 2.05) is 35.7 Å². The first-order valence-electron chi connectivity index (χ1n) is 9.82. The molecule has 0 saturated carbocycles. The van der Waals surface area contributed by atoms with Gasteiger partial charge in [-0.3, -0.25) is 9.69 Å². The van der Waals surface area contributed by atoms with Crippen LogP contribution in [0.4, 0.5) is 15.2 Å². The summed E-state index contributed by atoms with van der Waals surface area (Å²) in [7, 11) is 0. The van der Waals surface area contributed by atoms with E-state index in [9.17, 15) is 9.18 Å². The molecule has 0 radical (unpaired) electrons. The maximum atomic E-state index is 13.4. The molecule has 0 fully saturated rings. The average Bonchev–Trinajstić information content (AvgIpc) is 3.30. The van der Waals surface area contributed by atoms with Crippen molar-refractivity contribution in [3.63, 3.8) is 0 Å². The van der Waals surface area contributed by atoms with Crippen LogP contribution in [0.2, 0.25) is 0 Å². The highest BCUT2D eigenvalue weighted by molar-refractivity contribution is 7.14. The Morgan fingerprint density at radius 2 is 1.75 bits per heavy atom. The van der Waals surface area contributed by atoms with Crippen molar-refractivity contribution in [2.24, 2.45) is 0 Å². The number of aromatic nitrogens is 1. The molecule has 0 bridgehead atoms. The second-order valence-corrected chi connectivity index (χ2v) is 7.76. The molecule has 158 valence electrons. The molecular weight excluding hydrogens is 425 g/mol. The number of ether oxygens (including phenoxy) is 1. The van der Waals surface area contributed by atoms with Gasteiger partial charge in [0.2, 0.25) is 0 Å². The van der Waals surface area contributed by atoms with Crippen LogP contribution in [0, 0.1) is 17.1 Å². The number of nitriles is 1. The molecule has 0 aliphatic rings. The largest absolute Gasteiger partial charge is 0.481 e. The maximum absolute atomic E-state index is 13.4. The highest BCUT2D eigenvalue weighted by atomic mass is 32.1. The van der Waals surface area contributed by atoms with Crippen molar-refractivity contribution in [3.8, 4) is 23.1 Å². The molecule has 0 spiro atoms. The zero-order chi connectivity index (χ0) is 22.5. The zero-order valence-corrected chi connectivity index (χ0v) is 17.9. The summed E-state index contributed by atoms with van der Waals surface area (Å²) in [5.41, 5.74) is 2.58. The van der Waals surface area contributed by atoms with Crippen LogP contribution in [0.5, 0.6) is 5.75 Å². The van der Waals surface area contributed by atoms with Gasteiger partial charge in [0.15, 0.2) is 11.2 Å². The van der Waals surface area contributed by atoms with E-state index in [4.69, 9.17) is 10.00 Å². The SMILES string of the molecule is CC(Oc1ccc(C#N)cc1)C(=O)N(c1ccccc1)c1nc(-c2ccc(F)cc2)cs1. The summed E-state index contributed by atoms with van der Waals surface area (Å²) < 4.78 is 19.1. The minimum absolute atomic E-state index is 0.291. The van der Waals surface area contributed by atoms with Gasteiger partial charge in [0.25, 0.3) is 5.91 Å². The van der Waals surface area contributed by atoms with Crippen LogP contribution in [-0.4, -0.2) is 17.0 Å². The number of carbonyl (C=O) groups is 1. The molecule has 0 N–H and O–H groups in total. The number of thiazole rings is 1. The molecule has 7 heteroatoms. The van der Waals surface area contributed by atoms with Gasteiger partial charge < -0.3 is 4.74 Å². The fraction of sp³-hybridized carbons (Fsp3) is 0.0800. The number of carbonyl (C=O) groups excluding carboxylic acids is 1. The van der Waals surface area contributed by atoms with Crippen LogP contribution in [0.25, 0.3) is 11.3 Å². The first-order valence-corrected chi connectivity index (χ1v) is 10.7. The van der Waals surface area contributed by atoms with Crippen LogP contribution in [-0.2, 0) is 4.79 Å². The molecule has 1 heterocycles. The van der Waals surface area contributed by atoms with Crippen molar-refractivity contribution in [1.29, 1.82) is 5.26 Å². The second-order valence-electron chi connectivity index (χ2n) is 6.93. The molecule has 5 nitrogen and oxygen atoms in total. The summed E-state index contributed by atoms with van der Waals surface area (Å²) in [6.07, 6.45) is -0.804. The lowest BCUT2D eigenvalue weighted by atomic mass is 10.2. The van der Waals surface area contributed by atoms with Gasteiger partial charge in [-0.15, -0.1) is 11.3 Å². The first kappa shape index (κ1) is 21.2. The number of amides is 1. The fourth-order valence-electron chi connectivity index (χ4n) is 3.07. The van der Waals surface area contributed by atoms with E-state index >= 15 is 0 Å². The van der Waals surface area contributed by atoms with Crippen molar-refractivity contribution in [2.75, 3.05) is 4.90 Å². The summed E-state index contributed by atoms with van der Waals surface area (Å²) in [6.45, 7) is 1.67. The quantitative estimate of drug-likeness (QED) is 0.369. The first-order chi connectivity index (χ1) is 15.5. The van der Waals surface area contributed by atoms with Crippen LogP contribution in [0.1, 0.15) is 12.5 Å². The number of benzene rings is 3. The van der Waals surface area contributed by atoms with E-state index in [0.717, 1.165) is 5.56 Å². The zero-order valence-electron chi connectivity index (χ0n) is 17.1. The average molecular weight is 444 g/mol. The molecule has 0 aliphatic heterocycles. The lowest BCUT2D eigenvalue weighted by molar-refractivity contribution is -0.123. The lowest BCUT2D eigenvalue weighted by Crippen LogP contribution is -2.37. The molecule has 3 aromatic carbocycles. The topological polar surface area (TPSA) is 66.2 Å². The third-order valence-electron chi connectivity index (χ3n) is 4.70.